The Bertz CT molecular complexity index is 935. The molecule has 0 bridgehead atoms. The highest BCUT2D eigenvalue weighted by atomic mass is 19.2. The van der Waals surface area contributed by atoms with E-state index < -0.39 is 11.6 Å². The molecule has 8 heteroatoms. The first-order valence-corrected chi connectivity index (χ1v) is 9.03. The minimum atomic E-state index is -0.924. The zero-order chi connectivity index (χ0) is 19.7. The number of piperazine rings is 1. The van der Waals surface area contributed by atoms with Gasteiger partial charge in [-0.2, -0.15) is 0 Å². The van der Waals surface area contributed by atoms with Crippen molar-refractivity contribution in [2.75, 3.05) is 43.0 Å². The Morgan fingerprint density at radius 3 is 2.68 bits per heavy atom. The number of carbonyl (C=O) groups is 2. The largest absolute Gasteiger partial charge is 0.492 e. The van der Waals surface area contributed by atoms with Gasteiger partial charge in [0, 0.05) is 30.5 Å². The second-order valence-corrected chi connectivity index (χ2v) is 6.79. The SMILES string of the molecule is O=C1Cc2cc(OCCN3CCN(c4ccc(F)c(F)c4)CC3=O)ccc2N1. The molecule has 0 aromatic heterocycles. The summed E-state index contributed by atoms with van der Waals surface area (Å²) >= 11 is 0. The van der Waals surface area contributed by atoms with Crippen LogP contribution in [0.4, 0.5) is 20.2 Å². The maximum Gasteiger partial charge on any atom is 0.242 e. The number of rotatable bonds is 5. The Balaban J connectivity index is 1.29. The number of fused-ring (bicyclic) bond motifs is 1. The molecule has 2 aliphatic heterocycles. The van der Waals surface area contributed by atoms with Crippen molar-refractivity contribution >= 4 is 23.2 Å². The Labute approximate surface area is 160 Å². The lowest BCUT2D eigenvalue weighted by Gasteiger charge is -2.35. The molecular weight excluding hydrogens is 368 g/mol. The van der Waals surface area contributed by atoms with E-state index in [1.165, 1.54) is 6.07 Å². The molecule has 1 N–H and O–H groups in total. The molecule has 2 heterocycles. The van der Waals surface area contributed by atoms with Gasteiger partial charge in [0.2, 0.25) is 11.8 Å². The van der Waals surface area contributed by atoms with Crippen LogP contribution in [0.2, 0.25) is 0 Å². The number of hydrogen-bond acceptors (Lipinski definition) is 4. The normalized spacial score (nSPS) is 16.2. The van der Waals surface area contributed by atoms with Crippen molar-refractivity contribution in [3.8, 4) is 5.75 Å². The maximum atomic E-state index is 13.4. The van der Waals surface area contributed by atoms with Crippen LogP contribution in [-0.4, -0.2) is 49.5 Å². The third-order valence-electron chi connectivity index (χ3n) is 4.92. The molecule has 0 radical (unpaired) electrons. The van der Waals surface area contributed by atoms with Gasteiger partial charge < -0.3 is 19.9 Å². The zero-order valence-corrected chi connectivity index (χ0v) is 15.1. The van der Waals surface area contributed by atoms with E-state index in [-0.39, 0.29) is 18.4 Å². The molecule has 2 aromatic carbocycles. The minimum absolute atomic E-state index is 0.0309. The van der Waals surface area contributed by atoms with Gasteiger partial charge in [0.25, 0.3) is 0 Å². The number of ether oxygens (including phenoxy) is 1. The number of anilines is 2. The fraction of sp³-hybridized carbons (Fsp3) is 0.300. The second kappa shape index (κ2) is 7.46. The van der Waals surface area contributed by atoms with Gasteiger partial charge in [-0.25, -0.2) is 8.78 Å². The minimum Gasteiger partial charge on any atom is -0.492 e. The third kappa shape index (κ3) is 3.76. The Morgan fingerprint density at radius 2 is 1.89 bits per heavy atom. The fourth-order valence-corrected chi connectivity index (χ4v) is 3.42. The molecule has 2 amide bonds. The number of benzene rings is 2. The lowest BCUT2D eigenvalue weighted by molar-refractivity contribution is -0.131. The monoisotopic (exact) mass is 387 g/mol. The summed E-state index contributed by atoms with van der Waals surface area (Å²) < 4.78 is 32.2. The van der Waals surface area contributed by atoms with Gasteiger partial charge in [-0.3, -0.25) is 9.59 Å². The summed E-state index contributed by atoms with van der Waals surface area (Å²) in [7, 11) is 0. The number of nitrogens with one attached hydrogen (secondary N) is 1. The van der Waals surface area contributed by atoms with Crippen molar-refractivity contribution in [2.45, 2.75) is 6.42 Å². The predicted octanol–water partition coefficient (Wildman–Crippen LogP) is 2.19. The van der Waals surface area contributed by atoms with Crippen LogP contribution in [0.3, 0.4) is 0 Å². The van der Waals surface area contributed by atoms with E-state index in [0.29, 0.717) is 44.1 Å². The van der Waals surface area contributed by atoms with Crippen LogP contribution >= 0.6 is 0 Å². The smallest absolute Gasteiger partial charge is 0.242 e. The van der Waals surface area contributed by atoms with Crippen molar-refractivity contribution in [1.82, 2.24) is 4.90 Å². The predicted molar refractivity (Wildman–Crippen MR) is 99.4 cm³/mol. The Kier molecular flexibility index (Phi) is 4.85. The van der Waals surface area contributed by atoms with Gasteiger partial charge in [-0.05, 0) is 35.9 Å². The fourth-order valence-electron chi connectivity index (χ4n) is 3.42. The molecule has 0 aliphatic carbocycles. The summed E-state index contributed by atoms with van der Waals surface area (Å²) in [5.74, 6) is -1.30. The van der Waals surface area contributed by atoms with E-state index >= 15 is 0 Å². The molecule has 4 rings (SSSR count). The molecular formula is C20H19F2N3O3. The summed E-state index contributed by atoms with van der Waals surface area (Å²) in [5, 5.41) is 2.77. The van der Waals surface area contributed by atoms with Gasteiger partial charge in [-0.1, -0.05) is 0 Å². The van der Waals surface area contributed by atoms with Crippen molar-refractivity contribution < 1.29 is 23.1 Å². The third-order valence-corrected chi connectivity index (χ3v) is 4.92. The lowest BCUT2D eigenvalue weighted by atomic mass is 10.1. The Morgan fingerprint density at radius 1 is 1.04 bits per heavy atom. The van der Waals surface area contributed by atoms with E-state index in [9.17, 15) is 18.4 Å². The van der Waals surface area contributed by atoms with Crippen LogP contribution in [0.1, 0.15) is 5.56 Å². The van der Waals surface area contributed by atoms with Gasteiger partial charge in [0.15, 0.2) is 11.6 Å². The molecule has 28 heavy (non-hydrogen) atoms. The van der Waals surface area contributed by atoms with E-state index in [1.807, 2.05) is 6.07 Å². The topological polar surface area (TPSA) is 61.9 Å². The molecule has 0 saturated carbocycles. The van der Waals surface area contributed by atoms with Gasteiger partial charge in [0.05, 0.1) is 19.5 Å². The molecule has 1 saturated heterocycles. The number of amides is 2. The average Bonchev–Trinajstić information content (AvgIpc) is 3.04. The molecule has 2 aliphatic rings. The summed E-state index contributed by atoms with van der Waals surface area (Å²) in [6.07, 6.45) is 0.344. The summed E-state index contributed by atoms with van der Waals surface area (Å²) in [6.45, 7) is 1.88. The second-order valence-electron chi connectivity index (χ2n) is 6.79. The molecule has 0 atom stereocenters. The summed E-state index contributed by atoms with van der Waals surface area (Å²) in [6, 6.07) is 9.06. The molecule has 0 unspecified atom stereocenters. The van der Waals surface area contributed by atoms with Crippen LogP contribution in [-0.2, 0) is 16.0 Å². The first kappa shape index (κ1) is 18.2. The average molecular weight is 387 g/mol. The molecule has 2 aromatic rings. The van der Waals surface area contributed by atoms with Crippen molar-refractivity contribution in [2.24, 2.45) is 0 Å². The van der Waals surface area contributed by atoms with Crippen LogP contribution in [0, 0.1) is 11.6 Å². The quantitative estimate of drug-likeness (QED) is 0.855. The molecule has 146 valence electrons. The van der Waals surface area contributed by atoms with Crippen molar-refractivity contribution in [3.63, 3.8) is 0 Å². The highest BCUT2D eigenvalue weighted by Gasteiger charge is 2.24. The molecule has 6 nitrogen and oxygen atoms in total. The highest BCUT2D eigenvalue weighted by Crippen LogP contribution is 2.27. The standard InChI is InChI=1S/C20H19F2N3O3/c21-16-3-1-14(11-17(16)22)25-6-5-24(20(27)12-25)7-8-28-15-2-4-18-13(9-15)10-19(26)23-18/h1-4,9,11H,5-8,10,12H2,(H,23,26). The molecule has 1 fully saturated rings. The van der Waals surface area contributed by atoms with E-state index in [4.69, 9.17) is 4.74 Å². The van der Waals surface area contributed by atoms with Crippen LogP contribution in [0.25, 0.3) is 0 Å². The number of halogens is 2. The number of nitrogens with zero attached hydrogens (tertiary/aromatic N) is 2. The van der Waals surface area contributed by atoms with Crippen molar-refractivity contribution in [1.29, 1.82) is 0 Å². The van der Waals surface area contributed by atoms with Gasteiger partial charge in [-0.15, -0.1) is 0 Å². The van der Waals surface area contributed by atoms with E-state index in [2.05, 4.69) is 5.32 Å². The maximum absolute atomic E-state index is 13.4. The van der Waals surface area contributed by atoms with Crippen LogP contribution < -0.4 is 15.0 Å². The van der Waals surface area contributed by atoms with E-state index in [0.717, 1.165) is 23.4 Å². The van der Waals surface area contributed by atoms with Gasteiger partial charge >= 0.3 is 0 Å². The van der Waals surface area contributed by atoms with Crippen molar-refractivity contribution in [3.05, 3.63) is 53.6 Å². The number of hydrogen-bond donors (Lipinski definition) is 1. The zero-order valence-electron chi connectivity index (χ0n) is 15.1. The van der Waals surface area contributed by atoms with Gasteiger partial charge in [0.1, 0.15) is 12.4 Å². The first-order chi connectivity index (χ1) is 13.5. The lowest BCUT2D eigenvalue weighted by Crippen LogP contribution is -2.51. The first-order valence-electron chi connectivity index (χ1n) is 9.03. The highest BCUT2D eigenvalue weighted by molar-refractivity contribution is 5.99. The number of carbonyl (C=O) groups excluding carboxylic acids is 2. The Hall–Kier alpha value is -3.16. The van der Waals surface area contributed by atoms with Crippen LogP contribution in [0.15, 0.2) is 36.4 Å². The summed E-state index contributed by atoms with van der Waals surface area (Å²) in [5.41, 5.74) is 2.20. The van der Waals surface area contributed by atoms with Crippen LogP contribution in [0.5, 0.6) is 5.75 Å². The summed E-state index contributed by atoms with van der Waals surface area (Å²) in [4.78, 5) is 27.2. The van der Waals surface area contributed by atoms with E-state index in [1.54, 1.807) is 21.9 Å². The molecule has 0 spiro atoms.